The first-order chi connectivity index (χ1) is 38.9. The SMILES string of the molecule is [2H]c1c([2H])c(N(c2ccccc2)c2ccc3c4c([2H])c5c(c([2H])c4n4c6c(C(C)(C)C)cccc6c2c34)c2ccc(N(c3ccccc3)c3c([2H])c([2H])c(C(C)C)c([2H])c3[2H])c3c4cccc(C(C)(C)C)c4n5c23)c([2H])c([2H])c1C(C)C. The number of benzene rings is 9. The zero-order chi connectivity index (χ0) is 58.2. The van der Waals surface area contributed by atoms with Crippen LogP contribution in [0.5, 0.6) is 0 Å². The van der Waals surface area contributed by atoms with Crippen LogP contribution in [0.4, 0.5) is 34.1 Å². The van der Waals surface area contributed by atoms with E-state index >= 15 is 0 Å². The van der Waals surface area contributed by atoms with Gasteiger partial charge in [0.1, 0.15) is 0 Å². The van der Waals surface area contributed by atoms with Crippen LogP contribution in [0, 0.1) is 0 Å². The maximum Gasteiger partial charge on any atom is 0.0653 e. The van der Waals surface area contributed by atoms with Gasteiger partial charge in [0.05, 0.1) is 58.2 Å². The van der Waals surface area contributed by atoms with Crippen LogP contribution in [-0.4, -0.2) is 8.80 Å². The zero-order valence-electron chi connectivity index (χ0n) is 52.5. The van der Waals surface area contributed by atoms with Gasteiger partial charge in [-0.2, -0.15) is 0 Å². The third-order valence-electron chi connectivity index (χ3n) is 14.8. The maximum atomic E-state index is 10.9. The lowest BCUT2D eigenvalue weighted by Crippen LogP contribution is -2.12. The summed E-state index contributed by atoms with van der Waals surface area (Å²) in [6.07, 6.45) is 0. The molecule has 0 unspecified atom stereocenters. The van der Waals surface area contributed by atoms with E-state index in [1.165, 1.54) is 0 Å². The Labute approximate surface area is 437 Å². The van der Waals surface area contributed by atoms with Gasteiger partial charge in [-0.15, -0.1) is 0 Å². The van der Waals surface area contributed by atoms with Gasteiger partial charge >= 0.3 is 0 Å². The predicted molar refractivity (Wildman–Crippen MR) is 311 cm³/mol. The lowest BCUT2D eigenvalue weighted by atomic mass is 9.85. The molecule has 0 amide bonds. The molecule has 13 rings (SSSR count). The Morgan fingerprint density at radius 3 is 1.10 bits per heavy atom. The van der Waals surface area contributed by atoms with Crippen LogP contribution >= 0.6 is 0 Å². The average Bonchev–Trinajstić information content (AvgIpc) is 3.18. The molecule has 0 fully saturated rings. The minimum atomic E-state index is -0.407. The smallest absolute Gasteiger partial charge is 0.0653 e. The molecule has 4 heterocycles. The molecule has 0 bridgehead atoms. The van der Waals surface area contributed by atoms with Crippen LogP contribution in [0.2, 0.25) is 0 Å². The second-order valence-corrected chi connectivity index (χ2v) is 22.2. The molecule has 4 aromatic heterocycles. The van der Waals surface area contributed by atoms with Crippen molar-refractivity contribution in [3.05, 3.63) is 204 Å². The number of aromatic nitrogens is 2. The maximum absolute atomic E-state index is 10.9. The summed E-state index contributed by atoms with van der Waals surface area (Å²) in [5, 5.41) is 6.00. The number of hydrogen-bond acceptors (Lipinski definition) is 2. The average molecular weight is 945 g/mol. The van der Waals surface area contributed by atoms with E-state index in [9.17, 15) is 13.7 Å². The summed E-state index contributed by atoms with van der Waals surface area (Å²) in [6.45, 7) is 20.6. The third-order valence-corrected chi connectivity index (χ3v) is 14.8. The zero-order valence-corrected chi connectivity index (χ0v) is 42.5. The van der Waals surface area contributed by atoms with Crippen molar-refractivity contribution in [2.24, 2.45) is 0 Å². The molecule has 0 atom stereocenters. The van der Waals surface area contributed by atoms with Gasteiger partial charge in [0.2, 0.25) is 0 Å². The van der Waals surface area contributed by atoms with Gasteiger partial charge < -0.3 is 18.6 Å². The topological polar surface area (TPSA) is 15.3 Å². The minimum absolute atomic E-state index is 0.0887. The van der Waals surface area contributed by atoms with Gasteiger partial charge in [0.25, 0.3) is 0 Å². The molecule has 0 aliphatic carbocycles. The van der Waals surface area contributed by atoms with Crippen LogP contribution in [0.15, 0.2) is 182 Å². The molecule has 13 aromatic rings. The highest BCUT2D eigenvalue weighted by Crippen LogP contribution is 2.53. The van der Waals surface area contributed by atoms with Crippen LogP contribution < -0.4 is 9.80 Å². The number of anilines is 6. The van der Waals surface area contributed by atoms with Gasteiger partial charge in [-0.3, -0.25) is 0 Å². The fourth-order valence-electron chi connectivity index (χ4n) is 11.4. The molecular formula is C68H62N4. The van der Waals surface area contributed by atoms with Crippen LogP contribution in [-0.2, 0) is 10.8 Å². The van der Waals surface area contributed by atoms with E-state index in [-0.39, 0.29) is 83.6 Å². The largest absolute Gasteiger partial charge is 0.310 e. The van der Waals surface area contributed by atoms with Crippen molar-refractivity contribution in [2.45, 2.75) is 91.9 Å². The molecule has 0 radical (unpaired) electrons. The highest BCUT2D eigenvalue weighted by Gasteiger charge is 2.31. The summed E-state index contributed by atoms with van der Waals surface area (Å²) in [5.41, 5.74) is 9.13. The monoisotopic (exact) mass is 945 g/mol. The Morgan fingerprint density at radius 2 is 0.750 bits per heavy atom. The number of hydrogen-bond donors (Lipinski definition) is 0. The Hall–Kier alpha value is -7.82. The van der Waals surface area contributed by atoms with Gasteiger partial charge in [0.15, 0.2) is 0 Å². The molecule has 4 heteroatoms. The minimum Gasteiger partial charge on any atom is -0.310 e. The molecule has 354 valence electrons. The van der Waals surface area contributed by atoms with Crippen molar-refractivity contribution in [1.29, 1.82) is 0 Å². The number of rotatable bonds is 8. The number of fused-ring (bicyclic) bond motifs is 12. The van der Waals surface area contributed by atoms with Crippen LogP contribution in [0.1, 0.15) is 117 Å². The van der Waals surface area contributed by atoms with Crippen LogP contribution in [0.3, 0.4) is 0 Å². The highest BCUT2D eigenvalue weighted by molar-refractivity contribution is 6.32. The van der Waals surface area contributed by atoms with E-state index < -0.39 is 10.8 Å². The fourth-order valence-corrected chi connectivity index (χ4v) is 11.4. The summed E-state index contributed by atoms with van der Waals surface area (Å²) < 4.78 is 102. The molecule has 0 saturated carbocycles. The fraction of sp³-hybridized carbons (Fsp3) is 0.206. The first kappa shape index (κ1) is 34.5. The van der Waals surface area contributed by atoms with E-state index in [4.69, 9.17) is 0 Å². The highest BCUT2D eigenvalue weighted by atomic mass is 15.2. The molecule has 0 aliphatic heterocycles. The summed E-state index contributed by atoms with van der Waals surface area (Å²) >= 11 is 0. The molecule has 72 heavy (non-hydrogen) atoms. The lowest BCUT2D eigenvalue weighted by molar-refractivity contribution is 0.594. The van der Waals surface area contributed by atoms with Gasteiger partial charge in [0, 0.05) is 65.8 Å². The standard InChI is InChI=1S/C68H62N4/c1-41(2)43-27-31-47(32-28-43)69(45-19-13-11-14-20-45)57-37-35-49-53-39-60-54(40-59(53)71-63-51(61(57)65(49)71)23-17-25-55(63)67(5,6)7)50-36-38-58(62-52-24-18-26-56(68(8,9)10)64(52)72(60)66(50)62)70(46-21-15-12-16-22-46)48-33-29-44(30-34-48)42(3)4/h11-42H,1-10H3/i27D,28D,29D,30D,31D,32D,33D,34D,39D,40D. The quantitative estimate of drug-likeness (QED) is 0.151. The molecular weight excluding hydrogens is 873 g/mol. The second kappa shape index (κ2) is 15.8. The molecule has 0 N–H and O–H groups in total. The lowest BCUT2D eigenvalue weighted by Gasteiger charge is -2.27. The predicted octanol–water partition coefficient (Wildman–Crippen LogP) is 19.8. The van der Waals surface area contributed by atoms with E-state index in [1.807, 2.05) is 122 Å². The normalized spacial score (nSPS) is 14.8. The Balaban J connectivity index is 1.22. The molecule has 0 spiro atoms. The van der Waals surface area contributed by atoms with Crippen molar-refractivity contribution in [2.75, 3.05) is 9.80 Å². The Morgan fingerprint density at radius 1 is 0.375 bits per heavy atom. The molecule has 0 aliphatic rings. The number of nitrogens with zero attached hydrogens (tertiary/aromatic N) is 4. The van der Waals surface area contributed by atoms with Gasteiger partial charge in [-0.1, -0.05) is 178 Å². The van der Waals surface area contributed by atoms with Crippen molar-refractivity contribution in [3.8, 4) is 0 Å². The molecule has 0 saturated heterocycles. The van der Waals surface area contributed by atoms with E-state index in [2.05, 4.69) is 86.7 Å². The van der Waals surface area contributed by atoms with Crippen LogP contribution in [0.25, 0.3) is 76.2 Å². The van der Waals surface area contributed by atoms with Crippen molar-refractivity contribution < 1.29 is 13.7 Å². The van der Waals surface area contributed by atoms with Crippen molar-refractivity contribution >= 4 is 110 Å². The first-order valence-electron chi connectivity index (χ1n) is 30.2. The van der Waals surface area contributed by atoms with Gasteiger partial charge in [-0.05, 0) is 118 Å². The van der Waals surface area contributed by atoms with E-state index in [0.29, 0.717) is 55.7 Å². The van der Waals surface area contributed by atoms with Crippen molar-refractivity contribution in [1.82, 2.24) is 8.80 Å². The number of para-hydroxylation sites is 4. The summed E-state index contributed by atoms with van der Waals surface area (Å²) in [7, 11) is 0. The Bertz CT molecular complexity index is 4470. The van der Waals surface area contributed by atoms with E-state index in [1.54, 1.807) is 0 Å². The molecule has 4 nitrogen and oxygen atoms in total. The Kier molecular flexibility index (Phi) is 7.59. The van der Waals surface area contributed by atoms with E-state index in [0.717, 1.165) is 65.5 Å². The summed E-state index contributed by atoms with van der Waals surface area (Å²) in [6, 6.07) is 39.1. The van der Waals surface area contributed by atoms with Crippen molar-refractivity contribution in [3.63, 3.8) is 0 Å². The summed E-state index contributed by atoms with van der Waals surface area (Å²) in [4.78, 5) is 3.71. The third kappa shape index (κ3) is 6.43. The molecule has 9 aromatic carbocycles. The van der Waals surface area contributed by atoms with Gasteiger partial charge in [-0.25, -0.2) is 0 Å². The summed E-state index contributed by atoms with van der Waals surface area (Å²) in [5.74, 6) is -0.509. The first-order valence-corrected chi connectivity index (χ1v) is 25.2. The second-order valence-electron chi connectivity index (χ2n) is 22.2.